The molecule has 0 spiro atoms. The number of nitrogens with zero attached hydrogens (tertiary/aromatic N) is 4. The lowest BCUT2D eigenvalue weighted by Gasteiger charge is -2.11. The predicted octanol–water partition coefficient (Wildman–Crippen LogP) is 3.96. The second kappa shape index (κ2) is 6.41. The van der Waals surface area contributed by atoms with Gasteiger partial charge in [-0.25, -0.2) is 13.8 Å². The van der Waals surface area contributed by atoms with Crippen molar-refractivity contribution in [3.8, 4) is 5.69 Å². The summed E-state index contributed by atoms with van der Waals surface area (Å²) in [5.74, 6) is 0.0506. The summed E-state index contributed by atoms with van der Waals surface area (Å²) in [6, 6.07) is 14.0. The van der Waals surface area contributed by atoms with Crippen molar-refractivity contribution in [3.05, 3.63) is 87.7 Å². The van der Waals surface area contributed by atoms with Crippen LogP contribution in [0.5, 0.6) is 0 Å². The molecule has 0 bridgehead atoms. The molecule has 2 heterocycles. The molecule has 1 fully saturated rings. The van der Waals surface area contributed by atoms with Gasteiger partial charge in [0.25, 0.3) is 5.56 Å². The van der Waals surface area contributed by atoms with E-state index >= 15 is 0 Å². The summed E-state index contributed by atoms with van der Waals surface area (Å²) in [7, 11) is 0. The van der Waals surface area contributed by atoms with Crippen molar-refractivity contribution in [2.24, 2.45) is 0 Å². The Morgan fingerprint density at radius 2 is 1.86 bits per heavy atom. The van der Waals surface area contributed by atoms with Gasteiger partial charge in [-0.3, -0.25) is 4.79 Å². The molecule has 0 aliphatic heterocycles. The van der Waals surface area contributed by atoms with Crippen LogP contribution in [0.1, 0.15) is 35.6 Å². The molecule has 0 unspecified atom stereocenters. The van der Waals surface area contributed by atoms with E-state index in [2.05, 4.69) is 5.10 Å². The van der Waals surface area contributed by atoms with Gasteiger partial charge in [0, 0.05) is 11.3 Å². The molecule has 1 aliphatic rings. The fourth-order valence-corrected chi connectivity index (χ4v) is 3.59. The van der Waals surface area contributed by atoms with Gasteiger partial charge in [0.2, 0.25) is 0 Å². The van der Waals surface area contributed by atoms with Gasteiger partial charge in [-0.05, 0) is 55.2 Å². The smallest absolute Gasteiger partial charge is 0.265 e. The van der Waals surface area contributed by atoms with Crippen LogP contribution in [0.15, 0.2) is 59.5 Å². The third-order valence-electron chi connectivity index (χ3n) is 5.33. The lowest BCUT2D eigenvalue weighted by Crippen LogP contribution is -2.26. The van der Waals surface area contributed by atoms with Crippen LogP contribution < -0.4 is 5.56 Å². The van der Waals surface area contributed by atoms with E-state index in [0.717, 1.165) is 35.0 Å². The Balaban J connectivity index is 1.72. The van der Waals surface area contributed by atoms with Gasteiger partial charge in [-0.2, -0.15) is 10.2 Å². The first-order valence-electron chi connectivity index (χ1n) is 9.41. The van der Waals surface area contributed by atoms with Crippen LogP contribution in [0, 0.1) is 12.7 Å². The fraction of sp³-hybridized carbons (Fsp3) is 0.227. The normalized spacial score (nSPS) is 13.9. The molecule has 28 heavy (non-hydrogen) atoms. The van der Waals surface area contributed by atoms with Crippen LogP contribution >= 0.6 is 0 Å². The molecule has 0 atom stereocenters. The van der Waals surface area contributed by atoms with Gasteiger partial charge < -0.3 is 0 Å². The topological polar surface area (TPSA) is 52.7 Å². The molecular weight excluding hydrogens is 355 g/mol. The standard InChI is InChI=1S/C22H19FN4O/c1-14-4-2-3-5-16(14)13-26-22(28)21-19(20(25-26)15-6-7-15)12-24-27(21)18-10-8-17(23)9-11-18/h2-5,8-12,15H,6-7,13H2,1H3. The molecule has 0 saturated heterocycles. The molecule has 2 aromatic carbocycles. The Morgan fingerprint density at radius 3 is 2.57 bits per heavy atom. The number of hydrogen-bond acceptors (Lipinski definition) is 3. The van der Waals surface area contributed by atoms with Crippen molar-refractivity contribution in [2.45, 2.75) is 32.2 Å². The summed E-state index contributed by atoms with van der Waals surface area (Å²) in [4.78, 5) is 13.3. The molecule has 1 saturated carbocycles. The predicted molar refractivity (Wildman–Crippen MR) is 105 cm³/mol. The molecule has 2 aromatic heterocycles. The monoisotopic (exact) mass is 374 g/mol. The maximum absolute atomic E-state index is 13.3. The second-order valence-electron chi connectivity index (χ2n) is 7.34. The maximum atomic E-state index is 13.3. The molecule has 0 N–H and O–H groups in total. The number of benzene rings is 2. The highest BCUT2D eigenvalue weighted by Gasteiger charge is 2.30. The lowest BCUT2D eigenvalue weighted by molar-refractivity contribution is 0.623. The van der Waals surface area contributed by atoms with Gasteiger partial charge in [-0.15, -0.1) is 0 Å². The van der Waals surface area contributed by atoms with E-state index in [1.54, 1.807) is 27.7 Å². The molecule has 5 rings (SSSR count). The molecule has 1 aliphatic carbocycles. The molecule has 5 nitrogen and oxygen atoms in total. The van der Waals surface area contributed by atoms with Crippen molar-refractivity contribution >= 4 is 10.9 Å². The van der Waals surface area contributed by atoms with E-state index in [9.17, 15) is 9.18 Å². The zero-order valence-corrected chi connectivity index (χ0v) is 15.5. The molecule has 6 heteroatoms. The third-order valence-corrected chi connectivity index (χ3v) is 5.33. The average Bonchev–Trinajstić information content (AvgIpc) is 3.44. The molecule has 4 aromatic rings. The first kappa shape index (κ1) is 16.9. The van der Waals surface area contributed by atoms with E-state index in [1.165, 1.54) is 12.1 Å². The Kier molecular flexibility index (Phi) is 3.86. The number of halogens is 1. The number of hydrogen-bond donors (Lipinski definition) is 0. The van der Waals surface area contributed by atoms with E-state index < -0.39 is 0 Å². The fourth-order valence-electron chi connectivity index (χ4n) is 3.59. The van der Waals surface area contributed by atoms with E-state index in [4.69, 9.17) is 5.10 Å². The van der Waals surface area contributed by atoms with Crippen molar-refractivity contribution < 1.29 is 4.39 Å². The van der Waals surface area contributed by atoms with Crippen molar-refractivity contribution in [3.63, 3.8) is 0 Å². The van der Waals surface area contributed by atoms with Crippen LogP contribution in [0.2, 0.25) is 0 Å². The van der Waals surface area contributed by atoms with Gasteiger partial charge in [0.05, 0.1) is 24.1 Å². The number of aryl methyl sites for hydroxylation is 1. The van der Waals surface area contributed by atoms with Gasteiger partial charge >= 0.3 is 0 Å². The van der Waals surface area contributed by atoms with Crippen LogP contribution in [-0.2, 0) is 6.54 Å². The van der Waals surface area contributed by atoms with Crippen molar-refractivity contribution in [1.82, 2.24) is 19.6 Å². The Hall–Kier alpha value is -3.28. The summed E-state index contributed by atoms with van der Waals surface area (Å²) in [6.07, 6.45) is 3.86. The lowest BCUT2D eigenvalue weighted by atomic mass is 10.1. The highest BCUT2D eigenvalue weighted by molar-refractivity contribution is 5.82. The Bertz CT molecular complexity index is 1240. The average molecular weight is 374 g/mol. The van der Waals surface area contributed by atoms with Crippen molar-refractivity contribution in [2.75, 3.05) is 0 Å². The highest BCUT2D eigenvalue weighted by Crippen LogP contribution is 2.41. The molecule has 0 amide bonds. The summed E-state index contributed by atoms with van der Waals surface area (Å²) in [6.45, 7) is 2.44. The summed E-state index contributed by atoms with van der Waals surface area (Å²) < 4.78 is 16.5. The molecule has 140 valence electrons. The summed E-state index contributed by atoms with van der Waals surface area (Å²) in [5.41, 5.74) is 4.07. The van der Waals surface area contributed by atoms with E-state index in [1.807, 2.05) is 31.2 Å². The maximum Gasteiger partial charge on any atom is 0.293 e. The van der Waals surface area contributed by atoms with Gasteiger partial charge in [0.1, 0.15) is 11.3 Å². The van der Waals surface area contributed by atoms with Crippen LogP contribution in [0.3, 0.4) is 0 Å². The van der Waals surface area contributed by atoms with Gasteiger partial charge in [-0.1, -0.05) is 24.3 Å². The highest BCUT2D eigenvalue weighted by atomic mass is 19.1. The third kappa shape index (κ3) is 2.81. The van der Waals surface area contributed by atoms with E-state index in [0.29, 0.717) is 23.7 Å². The largest absolute Gasteiger partial charge is 0.293 e. The summed E-state index contributed by atoms with van der Waals surface area (Å²) >= 11 is 0. The molecule has 0 radical (unpaired) electrons. The Morgan fingerprint density at radius 1 is 1.11 bits per heavy atom. The quantitative estimate of drug-likeness (QED) is 0.543. The summed E-state index contributed by atoms with van der Waals surface area (Å²) in [5, 5.41) is 9.93. The van der Waals surface area contributed by atoms with E-state index in [-0.39, 0.29) is 11.4 Å². The Labute approximate surface area is 161 Å². The number of aromatic nitrogens is 4. The molecular formula is C22H19FN4O. The minimum absolute atomic E-state index is 0.190. The van der Waals surface area contributed by atoms with Gasteiger partial charge in [0.15, 0.2) is 0 Å². The zero-order chi connectivity index (χ0) is 19.3. The van der Waals surface area contributed by atoms with Crippen molar-refractivity contribution in [1.29, 1.82) is 0 Å². The minimum atomic E-state index is -0.322. The SMILES string of the molecule is Cc1ccccc1Cn1nc(C2CC2)c2cnn(-c3ccc(F)cc3)c2c1=O. The number of fused-ring (bicyclic) bond motifs is 1. The first-order valence-corrected chi connectivity index (χ1v) is 9.41. The van der Waals surface area contributed by atoms with Crippen LogP contribution in [0.4, 0.5) is 4.39 Å². The van der Waals surface area contributed by atoms with Crippen LogP contribution in [0.25, 0.3) is 16.6 Å². The second-order valence-corrected chi connectivity index (χ2v) is 7.34. The van der Waals surface area contributed by atoms with Crippen LogP contribution in [-0.4, -0.2) is 19.6 Å². The first-order chi connectivity index (χ1) is 13.6. The zero-order valence-electron chi connectivity index (χ0n) is 15.5. The minimum Gasteiger partial charge on any atom is -0.265 e. The number of rotatable bonds is 4.